The summed E-state index contributed by atoms with van der Waals surface area (Å²) >= 11 is 3.49. The smallest absolute Gasteiger partial charge is 0.254 e. The summed E-state index contributed by atoms with van der Waals surface area (Å²) in [4.78, 5) is 15.0. The number of carbonyl (C=O) groups excluding carboxylic acids is 1. The predicted octanol–water partition coefficient (Wildman–Crippen LogP) is 3.82. The molecular formula is C18H21BrN2O. The van der Waals surface area contributed by atoms with E-state index in [1.165, 1.54) is 0 Å². The Kier molecular flexibility index (Phi) is 4.79. The summed E-state index contributed by atoms with van der Waals surface area (Å²) in [5.41, 5.74) is 0.787. The number of carbonyl (C=O) groups is 1. The van der Waals surface area contributed by atoms with E-state index in [2.05, 4.69) is 40.3 Å². The van der Waals surface area contributed by atoms with Crippen LogP contribution in [0.25, 0.3) is 10.8 Å². The molecule has 0 aliphatic carbocycles. The van der Waals surface area contributed by atoms with Gasteiger partial charge in [0.15, 0.2) is 0 Å². The highest BCUT2D eigenvalue weighted by molar-refractivity contribution is 9.10. The van der Waals surface area contributed by atoms with Crippen LogP contribution in [-0.2, 0) is 0 Å². The number of nitrogens with one attached hydrogen (secondary N) is 1. The predicted molar refractivity (Wildman–Crippen MR) is 94.3 cm³/mol. The van der Waals surface area contributed by atoms with Crippen LogP contribution in [0.5, 0.6) is 0 Å². The van der Waals surface area contributed by atoms with E-state index >= 15 is 0 Å². The van der Waals surface area contributed by atoms with Gasteiger partial charge in [-0.15, -0.1) is 0 Å². The maximum absolute atomic E-state index is 12.9. The first kappa shape index (κ1) is 15.5. The van der Waals surface area contributed by atoms with Crippen molar-refractivity contribution in [3.8, 4) is 0 Å². The van der Waals surface area contributed by atoms with Gasteiger partial charge >= 0.3 is 0 Å². The van der Waals surface area contributed by atoms with E-state index in [-0.39, 0.29) is 5.91 Å². The lowest BCUT2D eigenvalue weighted by Crippen LogP contribution is -2.42. The second kappa shape index (κ2) is 6.80. The van der Waals surface area contributed by atoms with Crippen molar-refractivity contribution in [1.29, 1.82) is 0 Å². The Morgan fingerprint density at radius 1 is 1.27 bits per heavy atom. The minimum Gasteiger partial charge on any atom is -0.334 e. The number of halogens is 1. The maximum atomic E-state index is 12.9. The summed E-state index contributed by atoms with van der Waals surface area (Å²) in [6.07, 6.45) is 2.04. The molecule has 0 spiro atoms. The molecule has 1 N–H and O–H groups in total. The molecule has 1 aliphatic heterocycles. The Balaban J connectivity index is 1.90. The van der Waals surface area contributed by atoms with Crippen molar-refractivity contribution < 1.29 is 4.79 Å². The van der Waals surface area contributed by atoms with Crippen LogP contribution < -0.4 is 5.32 Å². The lowest BCUT2D eigenvalue weighted by molar-refractivity contribution is 0.0692. The molecule has 2 aromatic carbocycles. The highest BCUT2D eigenvalue weighted by atomic mass is 79.9. The molecule has 1 heterocycles. The number of nitrogens with zero attached hydrogens (tertiary/aromatic N) is 1. The van der Waals surface area contributed by atoms with Gasteiger partial charge in [-0.25, -0.2) is 0 Å². The Hall–Kier alpha value is -1.39. The average molecular weight is 361 g/mol. The Labute approximate surface area is 139 Å². The first-order valence-corrected chi connectivity index (χ1v) is 8.69. The van der Waals surface area contributed by atoms with E-state index in [4.69, 9.17) is 0 Å². The number of fused-ring (bicyclic) bond motifs is 1. The molecule has 1 fully saturated rings. The van der Waals surface area contributed by atoms with E-state index in [0.29, 0.717) is 6.04 Å². The monoisotopic (exact) mass is 360 g/mol. The van der Waals surface area contributed by atoms with E-state index in [0.717, 1.165) is 53.3 Å². The number of hydrogen-bond donors (Lipinski definition) is 1. The van der Waals surface area contributed by atoms with Gasteiger partial charge in [0.05, 0.1) is 0 Å². The number of benzene rings is 2. The second-order valence-electron chi connectivity index (χ2n) is 5.85. The first-order chi connectivity index (χ1) is 10.7. The summed E-state index contributed by atoms with van der Waals surface area (Å²) in [7, 11) is 0. The van der Waals surface area contributed by atoms with E-state index in [1.54, 1.807) is 0 Å². The van der Waals surface area contributed by atoms with Crippen LogP contribution in [0.2, 0.25) is 0 Å². The van der Waals surface area contributed by atoms with Crippen LogP contribution in [-0.4, -0.2) is 36.5 Å². The Morgan fingerprint density at radius 2 is 2.05 bits per heavy atom. The number of rotatable bonds is 4. The summed E-state index contributed by atoms with van der Waals surface area (Å²) in [6.45, 7) is 4.86. The van der Waals surface area contributed by atoms with Gasteiger partial charge < -0.3 is 10.2 Å². The minimum atomic E-state index is 0.153. The van der Waals surface area contributed by atoms with E-state index < -0.39 is 0 Å². The Morgan fingerprint density at radius 3 is 2.77 bits per heavy atom. The van der Waals surface area contributed by atoms with Crippen LogP contribution in [0.4, 0.5) is 0 Å². The molecule has 3 nitrogen and oxygen atoms in total. The summed E-state index contributed by atoms with van der Waals surface area (Å²) in [5.74, 6) is 0.153. The molecule has 1 unspecified atom stereocenters. The molecule has 1 amide bonds. The van der Waals surface area contributed by atoms with Gasteiger partial charge in [0.1, 0.15) is 0 Å². The fraction of sp³-hybridized carbons (Fsp3) is 0.389. The van der Waals surface area contributed by atoms with Crippen LogP contribution in [0.1, 0.15) is 30.1 Å². The van der Waals surface area contributed by atoms with Gasteiger partial charge in [-0.05, 0) is 54.4 Å². The zero-order valence-electron chi connectivity index (χ0n) is 12.8. The van der Waals surface area contributed by atoms with Gasteiger partial charge in [0.2, 0.25) is 0 Å². The largest absolute Gasteiger partial charge is 0.334 e. The van der Waals surface area contributed by atoms with Gasteiger partial charge in [-0.1, -0.05) is 35.0 Å². The highest BCUT2D eigenvalue weighted by Gasteiger charge is 2.26. The molecule has 0 aromatic heterocycles. The third-order valence-corrected chi connectivity index (χ3v) is 4.74. The molecular weight excluding hydrogens is 340 g/mol. The molecule has 0 radical (unpaired) electrons. The van der Waals surface area contributed by atoms with Crippen molar-refractivity contribution in [3.63, 3.8) is 0 Å². The molecule has 22 heavy (non-hydrogen) atoms. The lowest BCUT2D eigenvalue weighted by Gasteiger charge is -2.28. The molecule has 1 atom stereocenters. The van der Waals surface area contributed by atoms with Crippen molar-refractivity contribution in [2.24, 2.45) is 0 Å². The van der Waals surface area contributed by atoms with Crippen molar-refractivity contribution in [2.45, 2.75) is 25.8 Å². The molecule has 0 saturated carbocycles. The number of hydrogen-bond acceptors (Lipinski definition) is 2. The standard InChI is InChI=1S/C18H21BrN2O/c1-2-9-21(17-7-8-20-12-17)18(22)15-4-3-14-11-16(19)6-5-13(14)10-15/h3-6,10-11,17,20H,2,7-9,12H2,1H3. The van der Waals surface area contributed by atoms with Crippen molar-refractivity contribution >= 4 is 32.6 Å². The van der Waals surface area contributed by atoms with Gasteiger partial charge in [0.25, 0.3) is 5.91 Å². The second-order valence-corrected chi connectivity index (χ2v) is 6.77. The molecule has 0 bridgehead atoms. The molecule has 1 aliphatic rings. The van der Waals surface area contributed by atoms with Crippen molar-refractivity contribution in [2.75, 3.05) is 19.6 Å². The van der Waals surface area contributed by atoms with Crippen molar-refractivity contribution in [1.82, 2.24) is 10.2 Å². The fourth-order valence-corrected chi connectivity index (χ4v) is 3.49. The summed E-state index contributed by atoms with van der Waals surface area (Å²) < 4.78 is 1.06. The first-order valence-electron chi connectivity index (χ1n) is 7.90. The molecule has 3 rings (SSSR count). The molecule has 4 heteroatoms. The quantitative estimate of drug-likeness (QED) is 0.898. The minimum absolute atomic E-state index is 0.153. The van der Waals surface area contributed by atoms with Gasteiger partial charge in [-0.3, -0.25) is 4.79 Å². The summed E-state index contributed by atoms with van der Waals surface area (Å²) in [6, 6.07) is 12.5. The average Bonchev–Trinajstić information content (AvgIpc) is 3.05. The highest BCUT2D eigenvalue weighted by Crippen LogP contribution is 2.22. The third-order valence-electron chi connectivity index (χ3n) is 4.25. The number of amides is 1. The topological polar surface area (TPSA) is 32.3 Å². The third kappa shape index (κ3) is 3.18. The van der Waals surface area contributed by atoms with E-state index in [9.17, 15) is 4.79 Å². The van der Waals surface area contributed by atoms with Crippen LogP contribution in [0.15, 0.2) is 40.9 Å². The zero-order valence-corrected chi connectivity index (χ0v) is 14.4. The lowest BCUT2D eigenvalue weighted by atomic mass is 10.1. The van der Waals surface area contributed by atoms with Crippen LogP contribution >= 0.6 is 15.9 Å². The fourth-order valence-electron chi connectivity index (χ4n) is 3.11. The summed E-state index contributed by atoms with van der Waals surface area (Å²) in [5, 5.41) is 5.61. The van der Waals surface area contributed by atoms with E-state index in [1.807, 2.05) is 29.2 Å². The Bertz CT molecular complexity index is 680. The molecule has 1 saturated heterocycles. The van der Waals surface area contributed by atoms with Crippen molar-refractivity contribution in [3.05, 3.63) is 46.4 Å². The van der Waals surface area contributed by atoms with Crippen LogP contribution in [0.3, 0.4) is 0 Å². The maximum Gasteiger partial charge on any atom is 0.254 e. The molecule has 2 aromatic rings. The van der Waals surface area contributed by atoms with Gasteiger partial charge in [-0.2, -0.15) is 0 Å². The zero-order chi connectivity index (χ0) is 15.5. The molecule has 116 valence electrons. The van der Waals surface area contributed by atoms with Crippen LogP contribution in [0, 0.1) is 0 Å². The normalized spacial score (nSPS) is 17.8. The van der Waals surface area contributed by atoms with Gasteiger partial charge in [0, 0.05) is 29.2 Å². The SMILES string of the molecule is CCCN(C(=O)c1ccc2cc(Br)ccc2c1)C1CCNC1.